The Labute approximate surface area is 130 Å². The first-order valence-electron chi connectivity index (χ1n) is 7.52. The van der Waals surface area contributed by atoms with Crippen molar-refractivity contribution in [3.63, 3.8) is 0 Å². The number of hydrogen-bond donors (Lipinski definition) is 0. The van der Waals surface area contributed by atoms with Crippen LogP contribution < -0.4 is 0 Å². The lowest BCUT2D eigenvalue weighted by atomic mass is 9.92. The molecule has 110 valence electrons. The van der Waals surface area contributed by atoms with Crippen molar-refractivity contribution in [1.29, 1.82) is 5.26 Å². The van der Waals surface area contributed by atoms with E-state index in [1.165, 1.54) is 12.8 Å². The maximum Gasteiger partial charge on any atom is 0.127 e. The number of nitrogens with zero attached hydrogens (tertiary/aromatic N) is 3. The van der Waals surface area contributed by atoms with E-state index in [-0.39, 0.29) is 5.38 Å². The summed E-state index contributed by atoms with van der Waals surface area (Å²) in [6.07, 6.45) is 2.52. The largest absolute Gasteiger partial charge is 0.326 e. The molecule has 1 unspecified atom stereocenters. The number of benzene rings is 1. The molecule has 0 spiro atoms. The van der Waals surface area contributed by atoms with Crippen LogP contribution in [0.4, 0.5) is 0 Å². The number of aromatic nitrogens is 2. The number of alkyl halides is 1. The number of fused-ring (bicyclic) bond motifs is 1. The van der Waals surface area contributed by atoms with Crippen molar-refractivity contribution < 1.29 is 0 Å². The van der Waals surface area contributed by atoms with Crippen LogP contribution in [0.5, 0.6) is 0 Å². The molecule has 1 aromatic carbocycles. The summed E-state index contributed by atoms with van der Waals surface area (Å²) < 4.78 is 2.24. The van der Waals surface area contributed by atoms with E-state index in [0.29, 0.717) is 16.9 Å². The van der Waals surface area contributed by atoms with Gasteiger partial charge in [-0.15, -0.1) is 11.6 Å². The predicted octanol–water partition coefficient (Wildman–Crippen LogP) is 4.64. The van der Waals surface area contributed by atoms with Gasteiger partial charge in [0, 0.05) is 6.54 Å². The second-order valence-electron chi connectivity index (χ2n) is 6.47. The minimum atomic E-state index is -0.160. The number of para-hydroxylation sites is 1. The van der Waals surface area contributed by atoms with Crippen molar-refractivity contribution in [2.75, 3.05) is 0 Å². The summed E-state index contributed by atoms with van der Waals surface area (Å²) in [6.45, 7) is 7.47. The van der Waals surface area contributed by atoms with Crippen molar-refractivity contribution in [3.8, 4) is 6.07 Å². The third-order valence-electron chi connectivity index (χ3n) is 4.87. The maximum absolute atomic E-state index is 9.28. The molecule has 21 heavy (non-hydrogen) atoms. The Morgan fingerprint density at radius 3 is 2.62 bits per heavy atom. The Morgan fingerprint density at radius 2 is 2.10 bits per heavy atom. The Balaban J connectivity index is 2.16. The summed E-state index contributed by atoms with van der Waals surface area (Å²) >= 11 is 6.34. The average molecular weight is 302 g/mol. The van der Waals surface area contributed by atoms with Crippen LogP contribution in [0.1, 0.15) is 50.4 Å². The molecule has 0 aliphatic heterocycles. The monoisotopic (exact) mass is 301 g/mol. The molecule has 3 rings (SSSR count). The van der Waals surface area contributed by atoms with Crippen molar-refractivity contribution in [1.82, 2.24) is 9.55 Å². The Hall–Kier alpha value is -1.53. The van der Waals surface area contributed by atoms with E-state index < -0.39 is 0 Å². The van der Waals surface area contributed by atoms with Gasteiger partial charge in [-0.3, -0.25) is 0 Å². The third-order valence-corrected chi connectivity index (χ3v) is 5.07. The smallest absolute Gasteiger partial charge is 0.127 e. The zero-order chi connectivity index (χ0) is 15.2. The van der Waals surface area contributed by atoms with Crippen molar-refractivity contribution in [2.45, 2.75) is 45.5 Å². The zero-order valence-electron chi connectivity index (χ0n) is 12.7. The van der Waals surface area contributed by atoms with Gasteiger partial charge in [-0.1, -0.05) is 19.9 Å². The fourth-order valence-electron chi connectivity index (χ4n) is 3.12. The van der Waals surface area contributed by atoms with Crippen LogP contribution in [0.15, 0.2) is 18.2 Å². The average Bonchev–Trinajstić information content (AvgIpc) is 3.14. The first-order chi connectivity index (χ1) is 9.98. The number of nitriles is 1. The summed E-state index contributed by atoms with van der Waals surface area (Å²) in [5.74, 6) is 1.52. The topological polar surface area (TPSA) is 41.6 Å². The fourth-order valence-corrected chi connectivity index (χ4v) is 3.29. The molecule has 1 atom stereocenters. The van der Waals surface area contributed by atoms with Gasteiger partial charge in [0.1, 0.15) is 17.4 Å². The first-order valence-corrected chi connectivity index (χ1v) is 7.95. The third kappa shape index (κ3) is 2.32. The van der Waals surface area contributed by atoms with Gasteiger partial charge in [-0.05, 0) is 43.2 Å². The molecule has 3 nitrogen and oxygen atoms in total. The van der Waals surface area contributed by atoms with Crippen LogP contribution in [0.3, 0.4) is 0 Å². The second-order valence-corrected chi connectivity index (χ2v) is 7.13. The second kappa shape index (κ2) is 5.03. The van der Waals surface area contributed by atoms with Crippen LogP contribution in [0.25, 0.3) is 11.0 Å². The standard InChI is InChI=1S/C17H20ClN3/c1-11(2)17(7-8-17)10-21-14-6-4-5-13(9-19)15(14)20-16(21)12(3)18/h4-6,11-12H,7-8,10H2,1-3H3. The SMILES string of the molecule is CC(Cl)c1nc2c(C#N)cccc2n1CC1(C(C)C)CC1. The van der Waals surface area contributed by atoms with Crippen molar-refractivity contribution >= 4 is 22.6 Å². The van der Waals surface area contributed by atoms with Gasteiger partial charge >= 0.3 is 0 Å². The molecular formula is C17H20ClN3. The van der Waals surface area contributed by atoms with E-state index in [2.05, 4.69) is 29.5 Å². The van der Waals surface area contributed by atoms with Crippen molar-refractivity contribution in [3.05, 3.63) is 29.6 Å². The molecule has 1 aromatic heterocycles. The van der Waals surface area contributed by atoms with E-state index in [9.17, 15) is 5.26 Å². The predicted molar refractivity (Wildman–Crippen MR) is 85.2 cm³/mol. The van der Waals surface area contributed by atoms with E-state index in [4.69, 9.17) is 11.6 Å². The van der Waals surface area contributed by atoms with Gasteiger partial charge in [-0.25, -0.2) is 4.98 Å². The minimum Gasteiger partial charge on any atom is -0.326 e. The van der Waals surface area contributed by atoms with Gasteiger partial charge in [-0.2, -0.15) is 5.26 Å². The van der Waals surface area contributed by atoms with Crippen LogP contribution in [0, 0.1) is 22.7 Å². The molecule has 1 fully saturated rings. The normalized spacial score (nSPS) is 17.9. The highest BCUT2D eigenvalue weighted by molar-refractivity contribution is 6.20. The molecule has 0 saturated heterocycles. The summed E-state index contributed by atoms with van der Waals surface area (Å²) in [5, 5.41) is 9.11. The Morgan fingerprint density at radius 1 is 1.38 bits per heavy atom. The lowest BCUT2D eigenvalue weighted by molar-refractivity contribution is 0.308. The van der Waals surface area contributed by atoms with Gasteiger partial charge in [0.05, 0.1) is 16.5 Å². The Kier molecular flexibility index (Phi) is 3.45. The van der Waals surface area contributed by atoms with Crippen LogP contribution >= 0.6 is 11.6 Å². The van der Waals surface area contributed by atoms with Crippen LogP contribution in [-0.4, -0.2) is 9.55 Å². The summed E-state index contributed by atoms with van der Waals surface area (Å²) in [5.41, 5.74) is 2.81. The highest BCUT2D eigenvalue weighted by atomic mass is 35.5. The van der Waals surface area contributed by atoms with Crippen LogP contribution in [-0.2, 0) is 6.54 Å². The number of imidazole rings is 1. The van der Waals surface area contributed by atoms with E-state index >= 15 is 0 Å². The highest BCUT2D eigenvalue weighted by Crippen LogP contribution is 2.53. The zero-order valence-corrected chi connectivity index (χ0v) is 13.5. The van der Waals surface area contributed by atoms with E-state index in [1.54, 1.807) is 0 Å². The summed E-state index contributed by atoms with van der Waals surface area (Å²) in [4.78, 5) is 4.66. The van der Waals surface area contributed by atoms with Gasteiger partial charge in [0.15, 0.2) is 0 Å². The quantitative estimate of drug-likeness (QED) is 0.772. The number of rotatable bonds is 4. The van der Waals surface area contributed by atoms with Crippen LogP contribution in [0.2, 0.25) is 0 Å². The Bertz CT molecular complexity index is 717. The number of hydrogen-bond acceptors (Lipinski definition) is 2. The molecule has 0 radical (unpaired) electrons. The molecule has 0 amide bonds. The highest BCUT2D eigenvalue weighted by Gasteiger charge is 2.46. The molecule has 1 aliphatic rings. The van der Waals surface area contributed by atoms with E-state index in [0.717, 1.165) is 23.4 Å². The molecule has 1 aliphatic carbocycles. The maximum atomic E-state index is 9.28. The fraction of sp³-hybridized carbons (Fsp3) is 0.529. The minimum absolute atomic E-state index is 0.160. The summed E-state index contributed by atoms with van der Waals surface area (Å²) in [7, 11) is 0. The van der Waals surface area contributed by atoms with Gasteiger partial charge < -0.3 is 4.57 Å². The number of halogens is 1. The molecule has 1 heterocycles. The molecule has 1 saturated carbocycles. The van der Waals surface area contributed by atoms with Gasteiger partial charge in [0.2, 0.25) is 0 Å². The first kappa shape index (κ1) is 14.4. The molecule has 2 aromatic rings. The molecule has 0 N–H and O–H groups in total. The lowest BCUT2D eigenvalue weighted by Crippen LogP contribution is -2.19. The van der Waals surface area contributed by atoms with Crippen molar-refractivity contribution in [2.24, 2.45) is 11.3 Å². The molecule has 0 bridgehead atoms. The van der Waals surface area contributed by atoms with E-state index in [1.807, 2.05) is 25.1 Å². The van der Waals surface area contributed by atoms with Gasteiger partial charge in [0.25, 0.3) is 0 Å². The molecule has 4 heteroatoms. The lowest BCUT2D eigenvalue weighted by Gasteiger charge is -2.22. The summed E-state index contributed by atoms with van der Waals surface area (Å²) in [6, 6.07) is 8.02. The molecular weight excluding hydrogens is 282 g/mol.